The van der Waals surface area contributed by atoms with Gasteiger partial charge in [-0.05, 0) is 186 Å². The lowest BCUT2D eigenvalue weighted by Crippen LogP contribution is -2.37. The number of pyridine rings is 1. The van der Waals surface area contributed by atoms with Crippen LogP contribution in [0.3, 0.4) is 0 Å². The molecule has 15 aromatic carbocycles. The van der Waals surface area contributed by atoms with Crippen molar-refractivity contribution in [2.45, 2.75) is 12.5 Å². The molecule has 0 amide bonds. The Morgan fingerprint density at radius 3 is 1.16 bits per heavy atom. The van der Waals surface area contributed by atoms with Crippen LogP contribution < -0.4 is 30.0 Å². The van der Waals surface area contributed by atoms with Crippen LogP contribution in [0.5, 0.6) is 0 Å². The van der Waals surface area contributed by atoms with Crippen molar-refractivity contribution in [1.29, 1.82) is 0 Å². The normalized spacial score (nSPS) is 12.7. The smallest absolute Gasteiger partial charge is 0.0566 e. The number of aromatic nitrogens is 1. The van der Waals surface area contributed by atoms with Crippen molar-refractivity contribution in [3.8, 4) is 22.3 Å². The topological polar surface area (TPSA) is 25.9 Å². The summed E-state index contributed by atoms with van der Waals surface area (Å²) >= 11 is 0. The van der Waals surface area contributed by atoms with Gasteiger partial charge in [-0.2, -0.15) is 0 Å². The molecule has 1 heterocycles. The fraction of sp³-hybridized carbons (Fsp3) is 0.0225. The molecule has 0 fully saturated rings. The summed E-state index contributed by atoms with van der Waals surface area (Å²) in [6.45, 7) is 0. The molecule has 0 radical (unpaired) electrons. The zero-order valence-corrected chi connectivity index (χ0v) is 51.7. The van der Waals surface area contributed by atoms with Crippen molar-refractivity contribution in [1.82, 2.24) is 4.98 Å². The second kappa shape index (κ2) is 24.1. The molecule has 444 valence electrons. The van der Waals surface area contributed by atoms with E-state index in [-0.39, 0.29) is 6.04 Å². The van der Waals surface area contributed by atoms with Crippen LogP contribution in [0.4, 0.5) is 62.6 Å². The second-order valence-corrected chi connectivity index (χ2v) is 24.4. The fourth-order valence-electron chi connectivity index (χ4n) is 14.1. The van der Waals surface area contributed by atoms with E-state index in [2.05, 4.69) is 371 Å². The Hall–Kier alpha value is -12.3. The van der Waals surface area contributed by atoms with Gasteiger partial charge in [0.2, 0.25) is 0 Å². The highest BCUT2D eigenvalue weighted by molar-refractivity contribution is 6.03. The van der Waals surface area contributed by atoms with Crippen LogP contribution in [0.15, 0.2) is 352 Å². The molecule has 0 saturated heterocycles. The fourth-order valence-corrected chi connectivity index (χ4v) is 14.1. The third-order valence-corrected chi connectivity index (χ3v) is 18.6. The van der Waals surface area contributed by atoms with Crippen LogP contribution >= 0.6 is 0 Å². The summed E-state index contributed by atoms with van der Waals surface area (Å²) in [5.41, 5.74) is 15.5. The molecule has 0 saturated carbocycles. The van der Waals surface area contributed by atoms with Crippen LogP contribution in [-0.2, 0) is 0 Å². The Morgan fingerprint density at radius 2 is 0.638 bits per heavy atom. The molecule has 1 aliphatic carbocycles. The standard InChI is InChI=1S/C89H63N5/c1-3-33-76(34-4-1)93(88-39-19-31-66-25-15-17-37-86(66)88)84-56-73(57-85(59-84)94(77-35-5-2-6-36-77)89-40-20-32-67-26-16-18-38-87(67)89)75-49-74(60-90-61-75)72-54-82(91(78-45-41-62-21-7-11-27-68(62)50-78)79-46-42-63-22-8-12-28-69(63)51-79)58-83(55-72)92(80-47-43-64-23-9-13-29-70(64)52-80)81-48-44-65-24-10-14-30-71(65)53-81/h1-47,49-61,81H,48H2. The molecular weight excluding hydrogens is 1140 g/mol. The maximum absolute atomic E-state index is 5.28. The van der Waals surface area contributed by atoms with E-state index >= 15 is 0 Å². The van der Waals surface area contributed by atoms with E-state index in [9.17, 15) is 0 Å². The van der Waals surface area contributed by atoms with Gasteiger partial charge in [0.05, 0.1) is 17.4 Å². The molecule has 0 spiro atoms. The lowest BCUT2D eigenvalue weighted by molar-refractivity contribution is 0.838. The van der Waals surface area contributed by atoms with Crippen molar-refractivity contribution in [2.24, 2.45) is 0 Å². The number of hydrogen-bond donors (Lipinski definition) is 0. The van der Waals surface area contributed by atoms with E-state index in [0.29, 0.717) is 0 Å². The minimum Gasteiger partial charge on any atom is -0.334 e. The van der Waals surface area contributed by atoms with E-state index in [4.69, 9.17) is 4.98 Å². The first-order valence-corrected chi connectivity index (χ1v) is 32.3. The quantitative estimate of drug-likeness (QED) is 0.108. The second-order valence-electron chi connectivity index (χ2n) is 24.4. The molecule has 5 nitrogen and oxygen atoms in total. The van der Waals surface area contributed by atoms with E-state index in [1.54, 1.807) is 0 Å². The third-order valence-electron chi connectivity index (χ3n) is 18.6. The Bertz CT molecular complexity index is 5440. The average Bonchev–Trinajstić information content (AvgIpc) is 0.804. The van der Waals surface area contributed by atoms with E-state index < -0.39 is 0 Å². The predicted molar refractivity (Wildman–Crippen MR) is 398 cm³/mol. The van der Waals surface area contributed by atoms with Gasteiger partial charge in [0.25, 0.3) is 0 Å². The van der Waals surface area contributed by atoms with E-state index in [0.717, 1.165) is 102 Å². The third kappa shape index (κ3) is 10.6. The van der Waals surface area contributed by atoms with Crippen molar-refractivity contribution < 1.29 is 0 Å². The summed E-state index contributed by atoms with van der Waals surface area (Å²) in [5, 5.41) is 14.2. The number of benzene rings is 15. The number of anilines is 11. The molecule has 16 aromatic rings. The molecule has 0 N–H and O–H groups in total. The molecule has 1 aliphatic rings. The number of hydrogen-bond acceptors (Lipinski definition) is 5. The Labute approximate surface area is 547 Å². The number of rotatable bonds is 14. The number of para-hydroxylation sites is 2. The van der Waals surface area contributed by atoms with Crippen LogP contribution in [-0.4, -0.2) is 11.0 Å². The minimum absolute atomic E-state index is 0.0249. The highest BCUT2D eigenvalue weighted by Gasteiger charge is 2.26. The highest BCUT2D eigenvalue weighted by atomic mass is 15.2. The SMILES string of the molecule is C1=c2ccccc2=CC(N(c2cc(-c3cncc(-c4cc(N(c5ccccc5)c5cccc6ccccc56)cc(N(c5ccccc5)c5cccc6ccccc56)c4)c3)cc(N(c3ccc4ccccc4c3)c3ccc4ccccc4c3)c2)c2ccc3ccccc3c2)C1. The van der Waals surface area contributed by atoms with Gasteiger partial charge in [0, 0.05) is 85.5 Å². The number of nitrogens with zero attached hydrogens (tertiary/aromatic N) is 5. The van der Waals surface area contributed by atoms with Crippen LogP contribution in [0.2, 0.25) is 0 Å². The van der Waals surface area contributed by atoms with Gasteiger partial charge in [-0.3, -0.25) is 4.98 Å². The van der Waals surface area contributed by atoms with Gasteiger partial charge in [-0.25, -0.2) is 0 Å². The Kier molecular flexibility index (Phi) is 14.3. The van der Waals surface area contributed by atoms with E-state index in [1.165, 1.54) is 53.5 Å². The molecule has 94 heavy (non-hydrogen) atoms. The van der Waals surface area contributed by atoms with Gasteiger partial charge < -0.3 is 19.6 Å². The van der Waals surface area contributed by atoms with Crippen LogP contribution in [0.1, 0.15) is 6.42 Å². The summed E-state index contributed by atoms with van der Waals surface area (Å²) in [5.74, 6) is 0. The maximum atomic E-state index is 5.28. The van der Waals surface area contributed by atoms with Gasteiger partial charge in [-0.15, -0.1) is 0 Å². The first-order chi connectivity index (χ1) is 46.6. The van der Waals surface area contributed by atoms with Crippen LogP contribution in [0.25, 0.3) is 88.3 Å². The van der Waals surface area contributed by atoms with Gasteiger partial charge in [0.1, 0.15) is 0 Å². The first kappa shape index (κ1) is 55.7. The van der Waals surface area contributed by atoms with Gasteiger partial charge in [0.15, 0.2) is 0 Å². The Morgan fingerprint density at radius 1 is 0.245 bits per heavy atom. The van der Waals surface area contributed by atoms with Gasteiger partial charge >= 0.3 is 0 Å². The molecule has 0 bridgehead atoms. The van der Waals surface area contributed by atoms with Crippen molar-refractivity contribution in [3.05, 3.63) is 363 Å². The van der Waals surface area contributed by atoms with Crippen molar-refractivity contribution in [3.63, 3.8) is 0 Å². The lowest BCUT2D eigenvalue weighted by Gasteiger charge is -2.35. The summed E-state index contributed by atoms with van der Waals surface area (Å²) in [6.07, 6.45) is 9.76. The van der Waals surface area contributed by atoms with Crippen molar-refractivity contribution in [2.75, 3.05) is 19.6 Å². The molecule has 1 atom stereocenters. The summed E-state index contributed by atoms with van der Waals surface area (Å²) in [6, 6.07) is 124. The monoisotopic (exact) mass is 1200 g/mol. The maximum Gasteiger partial charge on any atom is 0.0566 e. The molecule has 5 heteroatoms. The summed E-state index contributed by atoms with van der Waals surface area (Å²) < 4.78 is 0. The van der Waals surface area contributed by atoms with E-state index in [1.807, 2.05) is 12.4 Å². The average molecular weight is 1200 g/mol. The predicted octanol–water partition coefficient (Wildman–Crippen LogP) is 22.8. The minimum atomic E-state index is -0.0249. The van der Waals surface area contributed by atoms with Crippen LogP contribution in [0, 0.1) is 0 Å². The first-order valence-electron chi connectivity index (χ1n) is 32.3. The molecule has 0 aliphatic heterocycles. The Balaban J connectivity index is 0.917. The highest BCUT2D eigenvalue weighted by Crippen LogP contribution is 2.48. The summed E-state index contributed by atoms with van der Waals surface area (Å²) in [4.78, 5) is 15.1. The molecule has 1 unspecified atom stereocenters. The number of fused-ring (bicyclic) bond motifs is 6. The largest absolute Gasteiger partial charge is 0.334 e. The zero-order chi connectivity index (χ0) is 62.3. The zero-order valence-electron chi connectivity index (χ0n) is 51.7. The summed E-state index contributed by atoms with van der Waals surface area (Å²) in [7, 11) is 0. The molecule has 17 rings (SSSR count). The van der Waals surface area contributed by atoms with Gasteiger partial charge in [-0.1, -0.05) is 237 Å². The molecule has 1 aromatic heterocycles. The van der Waals surface area contributed by atoms with Crippen molar-refractivity contribution >= 4 is 129 Å². The lowest BCUT2D eigenvalue weighted by atomic mass is 9.97. The molecular formula is C89H63N5.